The van der Waals surface area contributed by atoms with Gasteiger partial charge in [-0.1, -0.05) is 5.21 Å². The summed E-state index contributed by atoms with van der Waals surface area (Å²) in [6.45, 7) is 0.667. The van der Waals surface area contributed by atoms with Crippen molar-refractivity contribution in [2.24, 2.45) is 0 Å². The molecule has 4 aromatic rings. The standard InChI is InChI=1S/C16H13N5OS/c1-2-15(22-9-1)16-19-13(11-23-16)10-17-12-3-5-14(6-4-12)21-8-7-18-20-21/h1-9,11,17H,10H2. The molecule has 0 amide bonds. The fourth-order valence-corrected chi connectivity index (χ4v) is 2.96. The number of aromatic nitrogens is 4. The van der Waals surface area contributed by atoms with E-state index in [1.807, 2.05) is 48.0 Å². The number of benzene rings is 1. The van der Waals surface area contributed by atoms with Crippen LogP contribution in [0.2, 0.25) is 0 Å². The van der Waals surface area contributed by atoms with Crippen LogP contribution in [0.3, 0.4) is 0 Å². The molecule has 0 radical (unpaired) electrons. The van der Waals surface area contributed by atoms with Gasteiger partial charge in [0.2, 0.25) is 0 Å². The first-order valence-corrected chi connectivity index (χ1v) is 7.95. The maximum absolute atomic E-state index is 5.36. The summed E-state index contributed by atoms with van der Waals surface area (Å²) in [4.78, 5) is 4.57. The van der Waals surface area contributed by atoms with Crippen molar-refractivity contribution < 1.29 is 4.42 Å². The lowest BCUT2D eigenvalue weighted by Crippen LogP contribution is -2.00. The molecule has 4 rings (SSSR count). The third-order valence-corrected chi connectivity index (χ3v) is 4.22. The summed E-state index contributed by atoms with van der Waals surface area (Å²) in [7, 11) is 0. The highest BCUT2D eigenvalue weighted by Gasteiger charge is 2.07. The Bertz CT molecular complexity index is 866. The molecule has 0 aliphatic carbocycles. The predicted octanol–water partition coefficient (Wildman–Crippen LogP) is 3.60. The molecule has 3 heterocycles. The van der Waals surface area contributed by atoms with Gasteiger partial charge in [-0.25, -0.2) is 9.67 Å². The highest BCUT2D eigenvalue weighted by molar-refractivity contribution is 7.13. The van der Waals surface area contributed by atoms with Crippen molar-refractivity contribution in [3.8, 4) is 16.5 Å². The topological polar surface area (TPSA) is 68.8 Å². The molecule has 0 fully saturated rings. The Hall–Kier alpha value is -2.93. The van der Waals surface area contributed by atoms with Crippen molar-refractivity contribution in [2.45, 2.75) is 6.54 Å². The van der Waals surface area contributed by atoms with Crippen LogP contribution in [0, 0.1) is 0 Å². The molecule has 6 nitrogen and oxygen atoms in total. The molecule has 3 aromatic heterocycles. The zero-order chi connectivity index (χ0) is 15.5. The molecule has 0 atom stereocenters. The molecule has 0 saturated heterocycles. The van der Waals surface area contributed by atoms with Crippen LogP contribution in [0.25, 0.3) is 16.5 Å². The Balaban J connectivity index is 1.41. The van der Waals surface area contributed by atoms with Crippen molar-refractivity contribution in [1.29, 1.82) is 0 Å². The maximum Gasteiger partial charge on any atom is 0.162 e. The van der Waals surface area contributed by atoms with E-state index in [0.29, 0.717) is 6.54 Å². The highest BCUT2D eigenvalue weighted by atomic mass is 32.1. The second kappa shape index (κ2) is 6.05. The van der Waals surface area contributed by atoms with Crippen LogP contribution >= 0.6 is 11.3 Å². The second-order valence-electron chi connectivity index (χ2n) is 4.87. The van der Waals surface area contributed by atoms with Gasteiger partial charge in [0, 0.05) is 11.1 Å². The van der Waals surface area contributed by atoms with Crippen LogP contribution in [0.4, 0.5) is 5.69 Å². The molecule has 0 spiro atoms. The molecule has 1 N–H and O–H groups in total. The third kappa shape index (κ3) is 3.00. The number of hydrogen-bond acceptors (Lipinski definition) is 6. The number of furan rings is 1. The third-order valence-electron chi connectivity index (χ3n) is 3.31. The van der Waals surface area contributed by atoms with Crippen LogP contribution in [-0.4, -0.2) is 20.0 Å². The van der Waals surface area contributed by atoms with E-state index in [1.165, 1.54) is 0 Å². The average Bonchev–Trinajstić information content (AvgIpc) is 3.35. The van der Waals surface area contributed by atoms with Gasteiger partial charge in [-0.3, -0.25) is 0 Å². The van der Waals surface area contributed by atoms with Gasteiger partial charge in [0.1, 0.15) is 0 Å². The summed E-state index contributed by atoms with van der Waals surface area (Å²) in [5.74, 6) is 0.804. The van der Waals surface area contributed by atoms with E-state index in [0.717, 1.165) is 27.8 Å². The lowest BCUT2D eigenvalue weighted by molar-refractivity contribution is 0.581. The molecular weight excluding hydrogens is 310 g/mol. The normalized spacial score (nSPS) is 10.8. The fraction of sp³-hybridized carbons (Fsp3) is 0.0625. The minimum absolute atomic E-state index is 0.667. The molecule has 0 aliphatic heterocycles. The van der Waals surface area contributed by atoms with Crippen LogP contribution in [-0.2, 0) is 6.54 Å². The lowest BCUT2D eigenvalue weighted by Gasteiger charge is -2.06. The van der Waals surface area contributed by atoms with Gasteiger partial charge >= 0.3 is 0 Å². The summed E-state index contributed by atoms with van der Waals surface area (Å²) in [6.07, 6.45) is 5.13. The van der Waals surface area contributed by atoms with Crippen LogP contribution in [0.15, 0.2) is 64.9 Å². The van der Waals surface area contributed by atoms with Crippen LogP contribution in [0.5, 0.6) is 0 Å². The second-order valence-corrected chi connectivity index (χ2v) is 5.73. The first-order chi connectivity index (χ1) is 11.4. The van der Waals surface area contributed by atoms with E-state index in [9.17, 15) is 0 Å². The maximum atomic E-state index is 5.36. The van der Waals surface area contributed by atoms with Crippen molar-refractivity contribution in [3.05, 3.63) is 66.1 Å². The van der Waals surface area contributed by atoms with Gasteiger partial charge in [0.25, 0.3) is 0 Å². The Kier molecular flexibility index (Phi) is 3.61. The van der Waals surface area contributed by atoms with Gasteiger partial charge in [-0.15, -0.1) is 16.4 Å². The first kappa shape index (κ1) is 13.7. The van der Waals surface area contributed by atoms with E-state index in [1.54, 1.807) is 28.5 Å². The fourth-order valence-electron chi connectivity index (χ4n) is 2.17. The predicted molar refractivity (Wildman–Crippen MR) is 88.5 cm³/mol. The highest BCUT2D eigenvalue weighted by Crippen LogP contribution is 2.24. The molecule has 7 heteroatoms. The van der Waals surface area contributed by atoms with E-state index >= 15 is 0 Å². The van der Waals surface area contributed by atoms with E-state index in [4.69, 9.17) is 4.42 Å². The molecule has 0 bridgehead atoms. The summed E-state index contributed by atoms with van der Waals surface area (Å²) >= 11 is 1.58. The minimum atomic E-state index is 0.667. The Morgan fingerprint density at radius 3 is 2.83 bits per heavy atom. The molecular formula is C16H13N5OS. The smallest absolute Gasteiger partial charge is 0.162 e. The van der Waals surface area contributed by atoms with Crippen molar-refractivity contribution in [2.75, 3.05) is 5.32 Å². The summed E-state index contributed by atoms with van der Waals surface area (Å²) in [5.41, 5.74) is 2.99. The molecule has 23 heavy (non-hydrogen) atoms. The van der Waals surface area contributed by atoms with Gasteiger partial charge in [-0.2, -0.15) is 0 Å². The van der Waals surface area contributed by atoms with E-state index in [2.05, 4.69) is 20.6 Å². The van der Waals surface area contributed by atoms with E-state index < -0.39 is 0 Å². The molecule has 0 saturated carbocycles. The Morgan fingerprint density at radius 1 is 1.17 bits per heavy atom. The summed E-state index contributed by atoms with van der Waals surface area (Å²) in [5, 5.41) is 14.1. The van der Waals surface area contributed by atoms with Crippen molar-refractivity contribution in [1.82, 2.24) is 20.0 Å². The van der Waals surface area contributed by atoms with Gasteiger partial charge < -0.3 is 9.73 Å². The Morgan fingerprint density at radius 2 is 2.09 bits per heavy atom. The minimum Gasteiger partial charge on any atom is -0.462 e. The van der Waals surface area contributed by atoms with Crippen molar-refractivity contribution >= 4 is 17.0 Å². The zero-order valence-electron chi connectivity index (χ0n) is 12.1. The lowest BCUT2D eigenvalue weighted by atomic mass is 10.3. The number of nitrogens with zero attached hydrogens (tertiary/aromatic N) is 4. The molecule has 114 valence electrons. The number of nitrogens with one attached hydrogen (secondary N) is 1. The van der Waals surface area contributed by atoms with Crippen molar-refractivity contribution in [3.63, 3.8) is 0 Å². The Labute approximate surface area is 136 Å². The van der Waals surface area contributed by atoms with Gasteiger partial charge in [0.05, 0.1) is 36.6 Å². The molecule has 0 unspecified atom stereocenters. The van der Waals surface area contributed by atoms with Gasteiger partial charge in [-0.05, 0) is 36.4 Å². The first-order valence-electron chi connectivity index (χ1n) is 7.07. The number of anilines is 1. The number of hydrogen-bond donors (Lipinski definition) is 1. The quantitative estimate of drug-likeness (QED) is 0.608. The summed E-state index contributed by atoms with van der Waals surface area (Å²) in [6, 6.07) is 11.8. The molecule has 1 aromatic carbocycles. The largest absolute Gasteiger partial charge is 0.462 e. The summed E-state index contributed by atoms with van der Waals surface area (Å²) < 4.78 is 7.08. The van der Waals surface area contributed by atoms with Gasteiger partial charge in [0.15, 0.2) is 10.8 Å². The van der Waals surface area contributed by atoms with Crippen LogP contribution in [0.1, 0.15) is 5.69 Å². The molecule has 0 aliphatic rings. The monoisotopic (exact) mass is 323 g/mol. The number of thiazole rings is 1. The SMILES string of the molecule is c1coc(-c2nc(CNc3ccc(-n4ccnn4)cc3)cs2)c1. The van der Waals surface area contributed by atoms with E-state index in [-0.39, 0.29) is 0 Å². The zero-order valence-corrected chi connectivity index (χ0v) is 12.9. The number of rotatable bonds is 5. The van der Waals surface area contributed by atoms with Crippen LogP contribution < -0.4 is 5.32 Å². The average molecular weight is 323 g/mol.